The smallest absolute Gasteiger partial charge is 0.225 e. The van der Waals surface area contributed by atoms with E-state index in [0.29, 0.717) is 19.1 Å². The average Bonchev–Trinajstić information content (AvgIpc) is 2.93. The number of rotatable bonds is 3. The van der Waals surface area contributed by atoms with E-state index in [1.807, 2.05) is 22.8 Å². The van der Waals surface area contributed by atoms with Crippen LogP contribution in [0.5, 0.6) is 0 Å². The maximum Gasteiger partial charge on any atom is 0.225 e. The summed E-state index contributed by atoms with van der Waals surface area (Å²) in [6, 6.07) is 2.06. The van der Waals surface area contributed by atoms with E-state index in [4.69, 9.17) is 4.74 Å². The molecule has 0 atom stereocenters. The summed E-state index contributed by atoms with van der Waals surface area (Å²) in [5, 5.41) is 4.42. The zero-order valence-electron chi connectivity index (χ0n) is 12.7. The highest BCUT2D eigenvalue weighted by molar-refractivity contribution is 5.79. The lowest BCUT2D eigenvalue weighted by molar-refractivity contribution is -0.141. The monoisotopic (exact) mass is 292 g/mol. The van der Waals surface area contributed by atoms with Crippen LogP contribution < -0.4 is 0 Å². The molecule has 3 rings (SSSR count). The lowest BCUT2D eigenvalue weighted by Crippen LogP contribution is -2.46. The van der Waals surface area contributed by atoms with Crippen LogP contribution in [0.4, 0.5) is 0 Å². The van der Waals surface area contributed by atoms with Gasteiger partial charge in [0.25, 0.3) is 0 Å². The minimum Gasteiger partial charge on any atom is -0.378 e. The standard InChI is InChI=1S/C15H24N4O2/c1-17-5-4-14(16-17)12-18-6-2-13(3-7-18)15(20)19-8-10-21-11-9-19/h4-5,13H,2-3,6-12H2,1H3. The molecule has 116 valence electrons. The van der Waals surface area contributed by atoms with Crippen molar-refractivity contribution >= 4 is 5.91 Å². The number of carbonyl (C=O) groups excluding carboxylic acids is 1. The summed E-state index contributed by atoms with van der Waals surface area (Å²) in [6.45, 7) is 5.74. The fourth-order valence-electron chi connectivity index (χ4n) is 3.16. The van der Waals surface area contributed by atoms with Gasteiger partial charge in [-0.2, -0.15) is 5.10 Å². The van der Waals surface area contributed by atoms with Crippen LogP contribution in [0.3, 0.4) is 0 Å². The van der Waals surface area contributed by atoms with Gasteiger partial charge in [-0.25, -0.2) is 0 Å². The molecule has 0 spiro atoms. The normalized spacial score (nSPS) is 21.7. The van der Waals surface area contributed by atoms with Crippen LogP contribution in [0.2, 0.25) is 0 Å². The Morgan fingerprint density at radius 2 is 2.00 bits per heavy atom. The molecule has 3 heterocycles. The second-order valence-corrected chi connectivity index (χ2v) is 5.97. The SMILES string of the molecule is Cn1ccc(CN2CCC(C(=O)N3CCOCC3)CC2)n1. The summed E-state index contributed by atoms with van der Waals surface area (Å²) < 4.78 is 7.15. The Morgan fingerprint density at radius 1 is 1.29 bits per heavy atom. The first-order valence-corrected chi connectivity index (χ1v) is 7.80. The Kier molecular flexibility index (Phi) is 4.55. The van der Waals surface area contributed by atoms with Gasteiger partial charge in [0, 0.05) is 38.8 Å². The number of hydrogen-bond donors (Lipinski definition) is 0. The second-order valence-electron chi connectivity index (χ2n) is 5.97. The third-order valence-corrected chi connectivity index (χ3v) is 4.41. The Balaban J connectivity index is 1.47. The van der Waals surface area contributed by atoms with Crippen LogP contribution in [0, 0.1) is 5.92 Å². The molecule has 0 saturated carbocycles. The van der Waals surface area contributed by atoms with Crippen molar-refractivity contribution in [2.45, 2.75) is 19.4 Å². The van der Waals surface area contributed by atoms with Gasteiger partial charge in [-0.1, -0.05) is 0 Å². The highest BCUT2D eigenvalue weighted by atomic mass is 16.5. The zero-order chi connectivity index (χ0) is 14.7. The molecular formula is C15H24N4O2. The summed E-state index contributed by atoms with van der Waals surface area (Å²) in [4.78, 5) is 16.8. The first-order chi connectivity index (χ1) is 10.2. The van der Waals surface area contributed by atoms with Crippen molar-refractivity contribution in [3.63, 3.8) is 0 Å². The zero-order valence-corrected chi connectivity index (χ0v) is 12.7. The molecule has 1 aromatic heterocycles. The molecule has 0 aromatic carbocycles. The molecular weight excluding hydrogens is 268 g/mol. The number of nitrogens with zero attached hydrogens (tertiary/aromatic N) is 4. The number of likely N-dealkylation sites (tertiary alicyclic amines) is 1. The summed E-state index contributed by atoms with van der Waals surface area (Å²) in [7, 11) is 1.94. The third kappa shape index (κ3) is 3.63. The summed E-state index contributed by atoms with van der Waals surface area (Å²) >= 11 is 0. The maximum atomic E-state index is 12.5. The largest absolute Gasteiger partial charge is 0.378 e. The molecule has 2 aliphatic heterocycles. The number of carbonyl (C=O) groups is 1. The van der Waals surface area contributed by atoms with Gasteiger partial charge in [0.05, 0.1) is 18.9 Å². The van der Waals surface area contributed by atoms with E-state index in [-0.39, 0.29) is 5.92 Å². The molecule has 0 N–H and O–H groups in total. The minimum absolute atomic E-state index is 0.197. The van der Waals surface area contributed by atoms with Crippen molar-refractivity contribution < 1.29 is 9.53 Å². The molecule has 0 radical (unpaired) electrons. The van der Waals surface area contributed by atoms with Crippen LogP contribution in [0.25, 0.3) is 0 Å². The molecule has 6 nitrogen and oxygen atoms in total. The van der Waals surface area contributed by atoms with Crippen molar-refractivity contribution in [3.8, 4) is 0 Å². The third-order valence-electron chi connectivity index (χ3n) is 4.41. The average molecular weight is 292 g/mol. The van der Waals surface area contributed by atoms with Crippen LogP contribution in [-0.4, -0.2) is 64.9 Å². The molecule has 2 aliphatic rings. The Morgan fingerprint density at radius 3 is 2.62 bits per heavy atom. The highest BCUT2D eigenvalue weighted by Crippen LogP contribution is 2.21. The first kappa shape index (κ1) is 14.5. The van der Waals surface area contributed by atoms with Crippen LogP contribution >= 0.6 is 0 Å². The minimum atomic E-state index is 0.197. The van der Waals surface area contributed by atoms with Gasteiger partial charge in [-0.3, -0.25) is 14.4 Å². The van der Waals surface area contributed by atoms with Gasteiger partial charge in [0.1, 0.15) is 0 Å². The molecule has 2 saturated heterocycles. The van der Waals surface area contributed by atoms with Gasteiger partial charge in [0.2, 0.25) is 5.91 Å². The Bertz CT molecular complexity index is 474. The summed E-state index contributed by atoms with van der Waals surface area (Å²) in [6.07, 6.45) is 3.90. The lowest BCUT2D eigenvalue weighted by Gasteiger charge is -2.35. The first-order valence-electron chi connectivity index (χ1n) is 7.80. The summed E-state index contributed by atoms with van der Waals surface area (Å²) in [5.74, 6) is 0.527. The van der Waals surface area contributed by atoms with Crippen molar-refractivity contribution in [1.29, 1.82) is 0 Å². The molecule has 1 amide bonds. The Hall–Kier alpha value is -1.40. The van der Waals surface area contributed by atoms with E-state index in [0.717, 1.165) is 51.3 Å². The molecule has 21 heavy (non-hydrogen) atoms. The molecule has 6 heteroatoms. The lowest BCUT2D eigenvalue weighted by atomic mass is 9.95. The van der Waals surface area contributed by atoms with Crippen LogP contribution in [0.15, 0.2) is 12.3 Å². The maximum absolute atomic E-state index is 12.5. The van der Waals surface area contributed by atoms with E-state index in [2.05, 4.69) is 16.1 Å². The highest BCUT2D eigenvalue weighted by Gasteiger charge is 2.29. The fraction of sp³-hybridized carbons (Fsp3) is 0.733. The number of hydrogen-bond acceptors (Lipinski definition) is 4. The van der Waals surface area contributed by atoms with Crippen LogP contribution in [-0.2, 0) is 23.1 Å². The number of amides is 1. The van der Waals surface area contributed by atoms with Gasteiger partial charge in [0.15, 0.2) is 0 Å². The van der Waals surface area contributed by atoms with Gasteiger partial charge < -0.3 is 9.64 Å². The molecule has 2 fully saturated rings. The predicted molar refractivity (Wildman–Crippen MR) is 78.6 cm³/mol. The van der Waals surface area contributed by atoms with Crippen LogP contribution in [0.1, 0.15) is 18.5 Å². The number of ether oxygens (including phenoxy) is 1. The van der Waals surface area contributed by atoms with Gasteiger partial charge in [-0.15, -0.1) is 0 Å². The van der Waals surface area contributed by atoms with E-state index in [1.54, 1.807) is 0 Å². The molecule has 0 aliphatic carbocycles. The van der Waals surface area contributed by atoms with Crippen molar-refractivity contribution in [3.05, 3.63) is 18.0 Å². The van der Waals surface area contributed by atoms with E-state index >= 15 is 0 Å². The quantitative estimate of drug-likeness (QED) is 0.813. The van der Waals surface area contributed by atoms with E-state index in [1.165, 1.54) is 0 Å². The summed E-state index contributed by atoms with van der Waals surface area (Å²) in [5.41, 5.74) is 1.11. The fourth-order valence-corrected chi connectivity index (χ4v) is 3.16. The number of piperidine rings is 1. The number of morpholine rings is 1. The van der Waals surface area contributed by atoms with Crippen molar-refractivity contribution in [2.75, 3.05) is 39.4 Å². The number of aryl methyl sites for hydroxylation is 1. The van der Waals surface area contributed by atoms with E-state index in [9.17, 15) is 4.79 Å². The predicted octanol–water partition coefficient (Wildman–Crippen LogP) is 0.491. The Labute approximate surface area is 125 Å². The molecule has 0 bridgehead atoms. The molecule has 0 unspecified atom stereocenters. The number of aromatic nitrogens is 2. The second kappa shape index (κ2) is 6.58. The topological polar surface area (TPSA) is 50.6 Å². The molecule has 1 aromatic rings. The van der Waals surface area contributed by atoms with Crippen molar-refractivity contribution in [2.24, 2.45) is 13.0 Å². The van der Waals surface area contributed by atoms with Crippen molar-refractivity contribution in [1.82, 2.24) is 19.6 Å². The van der Waals surface area contributed by atoms with E-state index < -0.39 is 0 Å². The van der Waals surface area contributed by atoms with Gasteiger partial charge >= 0.3 is 0 Å². The van der Waals surface area contributed by atoms with Gasteiger partial charge in [-0.05, 0) is 32.0 Å².